The van der Waals surface area contributed by atoms with Crippen LogP contribution in [0.5, 0.6) is 5.75 Å². The summed E-state index contributed by atoms with van der Waals surface area (Å²) in [7, 11) is 3.44. The summed E-state index contributed by atoms with van der Waals surface area (Å²) in [5, 5.41) is 0. The lowest BCUT2D eigenvalue weighted by atomic mass is 9.97. The predicted molar refractivity (Wildman–Crippen MR) is 70.5 cm³/mol. The van der Waals surface area contributed by atoms with Gasteiger partial charge in [0.1, 0.15) is 5.75 Å². The second-order valence-electron chi connectivity index (χ2n) is 5.06. The molecule has 2 atom stereocenters. The van der Waals surface area contributed by atoms with Gasteiger partial charge in [-0.25, -0.2) is 8.78 Å². The Hall–Kier alpha value is -1.20. The van der Waals surface area contributed by atoms with Crippen LogP contribution in [0.25, 0.3) is 0 Å². The van der Waals surface area contributed by atoms with Gasteiger partial charge < -0.3 is 10.5 Å². The lowest BCUT2D eigenvalue weighted by Gasteiger charge is -2.23. The number of alkyl halides is 2. The molecule has 0 saturated carbocycles. The molecule has 1 aromatic rings. The van der Waals surface area contributed by atoms with Crippen molar-refractivity contribution in [3.05, 3.63) is 29.3 Å². The van der Waals surface area contributed by atoms with Gasteiger partial charge in [-0.05, 0) is 32.0 Å². The first kappa shape index (κ1) is 14.2. The molecule has 0 bridgehead atoms. The summed E-state index contributed by atoms with van der Waals surface area (Å²) < 4.78 is 31.2. The van der Waals surface area contributed by atoms with Crippen LogP contribution in [0.4, 0.5) is 8.78 Å². The number of likely N-dealkylation sites (tertiary alicyclic amines) is 1. The van der Waals surface area contributed by atoms with Crippen LogP contribution in [0, 0.1) is 5.92 Å². The summed E-state index contributed by atoms with van der Waals surface area (Å²) in [5.41, 5.74) is 6.50. The maximum Gasteiger partial charge on any atom is 0.267 e. The Labute approximate surface area is 112 Å². The van der Waals surface area contributed by atoms with E-state index in [0.717, 1.165) is 18.5 Å². The summed E-state index contributed by atoms with van der Waals surface area (Å²) in [4.78, 5) is 2.16. The molecule has 2 rings (SSSR count). The fraction of sp³-hybridized carbons (Fsp3) is 0.571. The van der Waals surface area contributed by atoms with E-state index >= 15 is 0 Å². The number of rotatable bonds is 4. The molecule has 19 heavy (non-hydrogen) atoms. The summed E-state index contributed by atoms with van der Waals surface area (Å²) in [6.45, 7) is 1.51. The van der Waals surface area contributed by atoms with E-state index in [1.54, 1.807) is 6.07 Å². The monoisotopic (exact) mass is 270 g/mol. The summed E-state index contributed by atoms with van der Waals surface area (Å²) >= 11 is 0. The third-order valence-corrected chi connectivity index (χ3v) is 3.84. The smallest absolute Gasteiger partial charge is 0.267 e. The minimum absolute atomic E-state index is 0.0374. The molecule has 1 saturated heterocycles. The average Bonchev–Trinajstić information content (AvgIpc) is 2.78. The standard InChI is InChI=1S/C14H20F2N2O/c1-18-8-9(7-17)6-12(18)10-4-3-5-11(14(15)16)13(10)19-2/h3-5,9,12,14H,6-8,17H2,1-2H3. The first-order valence-electron chi connectivity index (χ1n) is 6.43. The molecule has 3 nitrogen and oxygen atoms in total. The van der Waals surface area contributed by atoms with Crippen LogP contribution in [0.2, 0.25) is 0 Å². The Balaban J connectivity index is 2.37. The summed E-state index contributed by atoms with van der Waals surface area (Å²) in [6, 6.07) is 5.05. The van der Waals surface area contributed by atoms with Crippen molar-refractivity contribution in [3.8, 4) is 5.75 Å². The predicted octanol–water partition coefficient (Wildman–Crippen LogP) is 2.58. The van der Waals surface area contributed by atoms with Crippen LogP contribution in [0.3, 0.4) is 0 Å². The van der Waals surface area contributed by atoms with E-state index < -0.39 is 6.43 Å². The Morgan fingerprint density at radius 3 is 2.74 bits per heavy atom. The average molecular weight is 270 g/mol. The van der Waals surface area contributed by atoms with E-state index in [0.29, 0.717) is 18.2 Å². The number of nitrogens with two attached hydrogens (primary N) is 1. The highest BCUT2D eigenvalue weighted by molar-refractivity contribution is 5.44. The second-order valence-corrected chi connectivity index (χ2v) is 5.06. The van der Waals surface area contributed by atoms with E-state index in [-0.39, 0.29) is 11.6 Å². The van der Waals surface area contributed by atoms with Crippen molar-refractivity contribution in [2.24, 2.45) is 11.7 Å². The lowest BCUT2D eigenvalue weighted by molar-refractivity contribution is 0.146. The minimum atomic E-state index is -2.52. The molecule has 1 aliphatic rings. The van der Waals surface area contributed by atoms with Gasteiger partial charge in [0, 0.05) is 18.2 Å². The molecule has 0 aliphatic carbocycles. The van der Waals surface area contributed by atoms with Crippen molar-refractivity contribution in [3.63, 3.8) is 0 Å². The van der Waals surface area contributed by atoms with E-state index in [2.05, 4.69) is 4.90 Å². The lowest BCUT2D eigenvalue weighted by Crippen LogP contribution is -2.21. The number of ether oxygens (including phenoxy) is 1. The van der Waals surface area contributed by atoms with E-state index in [9.17, 15) is 8.78 Å². The molecular weight excluding hydrogens is 250 g/mol. The number of para-hydroxylation sites is 1. The molecule has 1 aliphatic heterocycles. The van der Waals surface area contributed by atoms with E-state index in [1.807, 2.05) is 13.1 Å². The Kier molecular flexibility index (Phi) is 4.37. The number of hydrogen-bond acceptors (Lipinski definition) is 3. The number of benzene rings is 1. The second kappa shape index (κ2) is 5.84. The van der Waals surface area contributed by atoms with Crippen molar-refractivity contribution in [1.82, 2.24) is 4.90 Å². The highest BCUT2D eigenvalue weighted by atomic mass is 19.3. The SMILES string of the molecule is COc1c(C(F)F)cccc1C1CC(CN)CN1C. The molecule has 0 spiro atoms. The van der Waals surface area contributed by atoms with Crippen LogP contribution in [-0.4, -0.2) is 32.1 Å². The van der Waals surface area contributed by atoms with Crippen LogP contribution < -0.4 is 10.5 Å². The molecule has 106 valence electrons. The number of hydrogen-bond donors (Lipinski definition) is 1. The van der Waals surface area contributed by atoms with Gasteiger partial charge in [0.25, 0.3) is 6.43 Å². The van der Waals surface area contributed by atoms with Gasteiger partial charge in [-0.3, -0.25) is 4.90 Å². The molecule has 1 heterocycles. The first-order valence-corrected chi connectivity index (χ1v) is 6.43. The van der Waals surface area contributed by atoms with Crippen LogP contribution in [0.15, 0.2) is 18.2 Å². The molecule has 5 heteroatoms. The number of nitrogens with zero attached hydrogens (tertiary/aromatic N) is 1. The van der Waals surface area contributed by atoms with Crippen molar-refractivity contribution >= 4 is 0 Å². The van der Waals surface area contributed by atoms with Crippen molar-refractivity contribution in [2.45, 2.75) is 18.9 Å². The third kappa shape index (κ3) is 2.72. The van der Waals surface area contributed by atoms with Gasteiger partial charge in [-0.15, -0.1) is 0 Å². The van der Waals surface area contributed by atoms with Gasteiger partial charge in [0.05, 0.1) is 12.7 Å². The van der Waals surface area contributed by atoms with Crippen molar-refractivity contribution in [2.75, 3.05) is 27.2 Å². The fourth-order valence-electron chi connectivity index (χ4n) is 2.88. The summed E-state index contributed by atoms with van der Waals surface area (Å²) in [5.74, 6) is 0.724. The maximum absolute atomic E-state index is 13.0. The highest BCUT2D eigenvalue weighted by Crippen LogP contribution is 2.41. The zero-order chi connectivity index (χ0) is 14.0. The van der Waals surface area contributed by atoms with Crippen molar-refractivity contribution in [1.29, 1.82) is 0 Å². The summed E-state index contributed by atoms with van der Waals surface area (Å²) in [6.07, 6.45) is -1.64. The van der Waals surface area contributed by atoms with Gasteiger partial charge in [-0.2, -0.15) is 0 Å². The molecule has 0 aromatic heterocycles. The van der Waals surface area contributed by atoms with Crippen molar-refractivity contribution < 1.29 is 13.5 Å². The normalized spacial score (nSPS) is 24.1. The molecule has 0 amide bonds. The maximum atomic E-state index is 13.0. The molecule has 2 N–H and O–H groups in total. The Bertz CT molecular complexity index is 439. The highest BCUT2D eigenvalue weighted by Gasteiger charge is 2.32. The van der Waals surface area contributed by atoms with E-state index in [4.69, 9.17) is 10.5 Å². The molecule has 1 fully saturated rings. The first-order chi connectivity index (χ1) is 9.08. The third-order valence-electron chi connectivity index (χ3n) is 3.84. The number of halogens is 2. The zero-order valence-electron chi connectivity index (χ0n) is 11.3. The zero-order valence-corrected chi connectivity index (χ0v) is 11.3. The fourth-order valence-corrected chi connectivity index (χ4v) is 2.88. The van der Waals surface area contributed by atoms with Crippen LogP contribution in [-0.2, 0) is 0 Å². The Morgan fingerprint density at radius 2 is 2.21 bits per heavy atom. The van der Waals surface area contributed by atoms with E-state index in [1.165, 1.54) is 13.2 Å². The Morgan fingerprint density at radius 1 is 1.47 bits per heavy atom. The van der Waals surface area contributed by atoms with Gasteiger partial charge in [-0.1, -0.05) is 12.1 Å². The van der Waals surface area contributed by atoms with Gasteiger partial charge >= 0.3 is 0 Å². The molecular formula is C14H20F2N2O. The van der Waals surface area contributed by atoms with Crippen LogP contribution in [0.1, 0.15) is 30.0 Å². The van der Waals surface area contributed by atoms with Gasteiger partial charge in [0.15, 0.2) is 0 Å². The largest absolute Gasteiger partial charge is 0.496 e. The topological polar surface area (TPSA) is 38.5 Å². The van der Waals surface area contributed by atoms with Crippen LogP contribution >= 0.6 is 0 Å². The van der Waals surface area contributed by atoms with Gasteiger partial charge in [0.2, 0.25) is 0 Å². The molecule has 1 aromatic carbocycles. The molecule has 2 unspecified atom stereocenters. The quantitative estimate of drug-likeness (QED) is 0.914. The number of methoxy groups -OCH3 is 1. The molecule has 0 radical (unpaired) electrons. The minimum Gasteiger partial charge on any atom is -0.496 e.